The standard InChI is InChI=1S/C14H20N4O3/c1-4-8-21-14(20)13-10(3)18(16-15-13)9-12(19)17(5-2)11-6-7-11/h4,11H,1,5-9H2,2-3H3. The van der Waals surface area contributed by atoms with Gasteiger partial charge in [0.15, 0.2) is 5.69 Å². The fourth-order valence-corrected chi connectivity index (χ4v) is 2.15. The minimum Gasteiger partial charge on any atom is -0.457 e. The number of aromatic nitrogens is 3. The Morgan fingerprint density at radius 3 is 2.81 bits per heavy atom. The summed E-state index contributed by atoms with van der Waals surface area (Å²) in [5, 5.41) is 7.67. The van der Waals surface area contributed by atoms with E-state index < -0.39 is 5.97 Å². The van der Waals surface area contributed by atoms with Crippen LogP contribution in [-0.4, -0.2) is 51.0 Å². The second kappa shape index (κ2) is 6.51. The molecular formula is C14H20N4O3. The van der Waals surface area contributed by atoms with Crippen molar-refractivity contribution in [2.45, 2.75) is 39.3 Å². The number of likely N-dealkylation sites (N-methyl/N-ethyl adjacent to an activating group) is 1. The molecule has 1 heterocycles. The van der Waals surface area contributed by atoms with Gasteiger partial charge in [-0.05, 0) is 26.7 Å². The number of ether oxygens (including phenoxy) is 1. The van der Waals surface area contributed by atoms with E-state index >= 15 is 0 Å². The molecule has 7 heteroatoms. The molecule has 114 valence electrons. The first-order valence-electron chi connectivity index (χ1n) is 7.06. The Morgan fingerprint density at radius 1 is 1.52 bits per heavy atom. The van der Waals surface area contributed by atoms with Crippen LogP contribution < -0.4 is 0 Å². The predicted octanol–water partition coefficient (Wildman–Crippen LogP) is 0.940. The lowest BCUT2D eigenvalue weighted by molar-refractivity contribution is -0.132. The summed E-state index contributed by atoms with van der Waals surface area (Å²) in [7, 11) is 0. The average molecular weight is 292 g/mol. The molecule has 1 aliphatic rings. The van der Waals surface area contributed by atoms with Crippen LogP contribution in [0.3, 0.4) is 0 Å². The molecular weight excluding hydrogens is 272 g/mol. The summed E-state index contributed by atoms with van der Waals surface area (Å²) in [5.74, 6) is -0.556. The van der Waals surface area contributed by atoms with Gasteiger partial charge in [-0.15, -0.1) is 5.10 Å². The Bertz CT molecular complexity index is 548. The van der Waals surface area contributed by atoms with E-state index in [0.29, 0.717) is 18.3 Å². The summed E-state index contributed by atoms with van der Waals surface area (Å²) in [6.07, 6.45) is 3.61. The van der Waals surface area contributed by atoms with Crippen LogP contribution in [0.5, 0.6) is 0 Å². The van der Waals surface area contributed by atoms with Crippen LogP contribution in [0.25, 0.3) is 0 Å². The molecule has 0 bridgehead atoms. The molecule has 0 N–H and O–H groups in total. The second-order valence-corrected chi connectivity index (χ2v) is 4.98. The fourth-order valence-electron chi connectivity index (χ4n) is 2.15. The molecule has 0 aliphatic heterocycles. The second-order valence-electron chi connectivity index (χ2n) is 4.98. The van der Waals surface area contributed by atoms with Gasteiger partial charge in [-0.25, -0.2) is 9.48 Å². The molecule has 0 unspecified atom stereocenters. The average Bonchev–Trinajstić information content (AvgIpc) is 3.23. The lowest BCUT2D eigenvalue weighted by atomic mass is 10.3. The van der Waals surface area contributed by atoms with E-state index in [9.17, 15) is 9.59 Å². The van der Waals surface area contributed by atoms with Crippen LogP contribution in [-0.2, 0) is 16.1 Å². The number of carbonyl (C=O) groups is 2. The molecule has 0 radical (unpaired) electrons. The smallest absolute Gasteiger partial charge is 0.361 e. The van der Waals surface area contributed by atoms with Crippen molar-refractivity contribution in [3.8, 4) is 0 Å². The Hall–Kier alpha value is -2.18. The van der Waals surface area contributed by atoms with E-state index in [1.165, 1.54) is 10.8 Å². The highest BCUT2D eigenvalue weighted by Crippen LogP contribution is 2.26. The minimum absolute atomic E-state index is 0.000918. The zero-order valence-electron chi connectivity index (χ0n) is 12.4. The number of hydrogen-bond acceptors (Lipinski definition) is 5. The maximum atomic E-state index is 12.2. The highest BCUT2D eigenvalue weighted by Gasteiger charge is 2.31. The Kier molecular flexibility index (Phi) is 4.72. The number of amides is 1. The molecule has 1 aliphatic carbocycles. The third kappa shape index (κ3) is 3.48. The lowest BCUT2D eigenvalue weighted by Gasteiger charge is -2.20. The van der Waals surface area contributed by atoms with E-state index in [2.05, 4.69) is 16.9 Å². The Balaban J connectivity index is 2.04. The van der Waals surface area contributed by atoms with Crippen molar-refractivity contribution in [1.29, 1.82) is 0 Å². The fraction of sp³-hybridized carbons (Fsp3) is 0.571. The van der Waals surface area contributed by atoms with E-state index in [1.54, 1.807) is 6.92 Å². The van der Waals surface area contributed by atoms with Crippen LogP contribution in [0, 0.1) is 6.92 Å². The molecule has 1 aromatic heterocycles. The van der Waals surface area contributed by atoms with Gasteiger partial charge in [0.1, 0.15) is 13.2 Å². The third-order valence-corrected chi connectivity index (χ3v) is 3.44. The Labute approximate surface area is 123 Å². The molecule has 7 nitrogen and oxygen atoms in total. The van der Waals surface area contributed by atoms with Gasteiger partial charge in [-0.2, -0.15) is 0 Å². The topological polar surface area (TPSA) is 77.3 Å². The van der Waals surface area contributed by atoms with Crippen molar-refractivity contribution in [3.63, 3.8) is 0 Å². The van der Waals surface area contributed by atoms with Gasteiger partial charge in [-0.3, -0.25) is 4.79 Å². The zero-order chi connectivity index (χ0) is 15.4. The predicted molar refractivity (Wildman–Crippen MR) is 75.6 cm³/mol. The van der Waals surface area contributed by atoms with E-state index in [4.69, 9.17) is 4.74 Å². The van der Waals surface area contributed by atoms with Crippen LogP contribution in [0.2, 0.25) is 0 Å². The molecule has 0 atom stereocenters. The molecule has 2 rings (SSSR count). The first kappa shape index (κ1) is 15.2. The first-order chi connectivity index (χ1) is 10.1. The summed E-state index contributed by atoms with van der Waals surface area (Å²) in [4.78, 5) is 25.8. The van der Waals surface area contributed by atoms with Gasteiger partial charge < -0.3 is 9.64 Å². The highest BCUT2D eigenvalue weighted by molar-refractivity contribution is 5.88. The first-order valence-corrected chi connectivity index (χ1v) is 7.06. The molecule has 0 saturated heterocycles. The van der Waals surface area contributed by atoms with E-state index in [-0.39, 0.29) is 24.8 Å². The quantitative estimate of drug-likeness (QED) is 0.552. The van der Waals surface area contributed by atoms with Crippen molar-refractivity contribution >= 4 is 11.9 Å². The highest BCUT2D eigenvalue weighted by atomic mass is 16.5. The summed E-state index contributed by atoms with van der Waals surface area (Å²) < 4.78 is 6.37. The van der Waals surface area contributed by atoms with Gasteiger partial charge in [0.2, 0.25) is 5.91 Å². The van der Waals surface area contributed by atoms with Crippen molar-refractivity contribution in [3.05, 3.63) is 24.0 Å². The van der Waals surface area contributed by atoms with E-state index in [0.717, 1.165) is 12.8 Å². The molecule has 0 aromatic carbocycles. The number of nitrogens with zero attached hydrogens (tertiary/aromatic N) is 4. The monoisotopic (exact) mass is 292 g/mol. The van der Waals surface area contributed by atoms with Gasteiger partial charge in [0, 0.05) is 12.6 Å². The number of carbonyl (C=O) groups excluding carboxylic acids is 2. The van der Waals surface area contributed by atoms with Gasteiger partial charge in [0.05, 0.1) is 5.69 Å². The molecule has 1 aromatic rings. The molecule has 0 spiro atoms. The minimum atomic E-state index is -0.555. The number of rotatable bonds is 7. The van der Waals surface area contributed by atoms with Crippen LogP contribution in [0.1, 0.15) is 35.9 Å². The number of esters is 1. The SMILES string of the molecule is C=CCOC(=O)c1nnn(CC(=O)N(CC)C2CC2)c1C. The largest absolute Gasteiger partial charge is 0.457 e. The van der Waals surface area contributed by atoms with Crippen molar-refractivity contribution in [2.24, 2.45) is 0 Å². The summed E-state index contributed by atoms with van der Waals surface area (Å²) in [5.41, 5.74) is 0.670. The summed E-state index contributed by atoms with van der Waals surface area (Å²) in [6.45, 7) is 8.04. The van der Waals surface area contributed by atoms with Gasteiger partial charge in [-0.1, -0.05) is 17.9 Å². The van der Waals surface area contributed by atoms with Crippen molar-refractivity contribution < 1.29 is 14.3 Å². The van der Waals surface area contributed by atoms with Gasteiger partial charge >= 0.3 is 5.97 Å². The maximum Gasteiger partial charge on any atom is 0.361 e. The zero-order valence-corrected chi connectivity index (χ0v) is 12.4. The van der Waals surface area contributed by atoms with Crippen LogP contribution >= 0.6 is 0 Å². The third-order valence-electron chi connectivity index (χ3n) is 3.44. The maximum absolute atomic E-state index is 12.2. The van der Waals surface area contributed by atoms with Crippen molar-refractivity contribution in [1.82, 2.24) is 19.9 Å². The summed E-state index contributed by atoms with van der Waals surface area (Å²) in [6, 6.07) is 0.364. The molecule has 1 saturated carbocycles. The van der Waals surface area contributed by atoms with Crippen molar-refractivity contribution in [2.75, 3.05) is 13.2 Å². The van der Waals surface area contributed by atoms with E-state index in [1.807, 2.05) is 11.8 Å². The molecule has 1 amide bonds. The van der Waals surface area contributed by atoms with Gasteiger partial charge in [0.25, 0.3) is 0 Å². The Morgan fingerprint density at radius 2 is 2.24 bits per heavy atom. The normalized spacial score (nSPS) is 13.8. The van der Waals surface area contributed by atoms with Crippen LogP contribution in [0.15, 0.2) is 12.7 Å². The molecule has 21 heavy (non-hydrogen) atoms. The molecule has 1 fully saturated rings. The van der Waals surface area contributed by atoms with Crippen LogP contribution in [0.4, 0.5) is 0 Å². The summed E-state index contributed by atoms with van der Waals surface area (Å²) >= 11 is 0. The lowest BCUT2D eigenvalue weighted by Crippen LogP contribution is -2.36. The number of hydrogen-bond donors (Lipinski definition) is 0.